The average Bonchev–Trinajstić information content (AvgIpc) is 2.56. The number of likely N-dealkylation sites (tertiary alicyclic amines) is 1. The lowest BCUT2D eigenvalue weighted by Crippen LogP contribution is -2.56. The molecule has 1 amide bonds. The summed E-state index contributed by atoms with van der Waals surface area (Å²) in [6.07, 6.45) is 0.291. The number of carbonyl (C=O) groups excluding carboxylic acids is 1. The Bertz CT molecular complexity index is 571. The second kappa shape index (κ2) is 7.00. The van der Waals surface area contributed by atoms with Crippen molar-refractivity contribution in [2.45, 2.75) is 32.3 Å². The summed E-state index contributed by atoms with van der Waals surface area (Å²) in [6, 6.07) is 6.73. The Morgan fingerprint density at radius 2 is 2.00 bits per heavy atom. The first-order valence-electron chi connectivity index (χ1n) is 7.79. The van der Waals surface area contributed by atoms with Gasteiger partial charge in [-0.2, -0.15) is 0 Å². The van der Waals surface area contributed by atoms with Crippen molar-refractivity contribution in [1.82, 2.24) is 4.90 Å². The second-order valence-corrected chi connectivity index (χ2v) is 5.96. The van der Waals surface area contributed by atoms with Crippen molar-refractivity contribution in [2.75, 3.05) is 20.2 Å². The summed E-state index contributed by atoms with van der Waals surface area (Å²) >= 11 is 0. The fourth-order valence-electron chi connectivity index (χ4n) is 3.17. The Labute approximate surface area is 135 Å². The highest BCUT2D eigenvalue weighted by Crippen LogP contribution is 2.37. The number of hydrogen-bond donors (Lipinski definition) is 2. The number of aliphatic hydroxyl groups is 1. The SMILES string of the molecule is CCC[C@]1(C(=O)O)CCN(C(=O)c2ccc(OC)cc2)CC1O. The summed E-state index contributed by atoms with van der Waals surface area (Å²) in [7, 11) is 1.55. The fraction of sp³-hybridized carbons (Fsp3) is 0.529. The number of rotatable bonds is 5. The van der Waals surface area contributed by atoms with E-state index in [2.05, 4.69) is 0 Å². The third kappa shape index (κ3) is 3.32. The lowest BCUT2D eigenvalue weighted by Gasteiger charge is -2.42. The fourth-order valence-corrected chi connectivity index (χ4v) is 3.17. The maximum atomic E-state index is 12.5. The van der Waals surface area contributed by atoms with Crippen molar-refractivity contribution >= 4 is 11.9 Å². The number of β-amino-alcohol motifs (C(OH)–C–C–N with tert-alkyl or cyclic N) is 1. The monoisotopic (exact) mass is 321 g/mol. The maximum absolute atomic E-state index is 12.5. The number of carbonyl (C=O) groups is 2. The Balaban J connectivity index is 2.12. The molecule has 1 aliphatic rings. The van der Waals surface area contributed by atoms with Crippen LogP contribution >= 0.6 is 0 Å². The van der Waals surface area contributed by atoms with Gasteiger partial charge in [0.1, 0.15) is 5.75 Å². The first-order chi connectivity index (χ1) is 10.9. The normalized spacial score (nSPS) is 24.3. The van der Waals surface area contributed by atoms with Crippen LogP contribution in [0, 0.1) is 5.41 Å². The zero-order chi connectivity index (χ0) is 17.0. The quantitative estimate of drug-likeness (QED) is 0.863. The number of benzene rings is 1. The molecular weight excluding hydrogens is 298 g/mol. The van der Waals surface area contributed by atoms with Crippen LogP contribution in [0.4, 0.5) is 0 Å². The van der Waals surface area contributed by atoms with E-state index in [0.29, 0.717) is 30.7 Å². The molecule has 2 atom stereocenters. The Hall–Kier alpha value is -2.08. The molecule has 2 rings (SSSR count). The summed E-state index contributed by atoms with van der Waals surface area (Å²) < 4.78 is 5.06. The van der Waals surface area contributed by atoms with Gasteiger partial charge in [-0.05, 0) is 37.1 Å². The topological polar surface area (TPSA) is 87.1 Å². The standard InChI is InChI=1S/C17H23NO5/c1-3-8-17(16(21)22)9-10-18(11-14(17)19)15(20)12-4-6-13(23-2)7-5-12/h4-7,14,19H,3,8-11H2,1-2H3,(H,21,22)/t14?,17-/m0/s1. The molecule has 1 saturated heterocycles. The van der Waals surface area contributed by atoms with E-state index >= 15 is 0 Å². The van der Waals surface area contributed by atoms with Gasteiger partial charge in [-0.3, -0.25) is 9.59 Å². The lowest BCUT2D eigenvalue weighted by molar-refractivity contribution is -0.162. The highest BCUT2D eigenvalue weighted by molar-refractivity contribution is 5.94. The number of aliphatic carboxylic acids is 1. The number of hydrogen-bond acceptors (Lipinski definition) is 4. The number of amides is 1. The molecule has 1 aliphatic heterocycles. The van der Waals surface area contributed by atoms with E-state index in [1.807, 2.05) is 6.92 Å². The minimum absolute atomic E-state index is 0.0389. The van der Waals surface area contributed by atoms with E-state index in [-0.39, 0.29) is 18.9 Å². The van der Waals surface area contributed by atoms with E-state index in [0.717, 1.165) is 0 Å². The van der Waals surface area contributed by atoms with Crippen LogP contribution in [-0.4, -0.2) is 53.3 Å². The lowest BCUT2D eigenvalue weighted by atomic mass is 9.72. The van der Waals surface area contributed by atoms with E-state index in [4.69, 9.17) is 4.74 Å². The molecule has 2 N–H and O–H groups in total. The molecule has 0 aromatic heterocycles. The van der Waals surface area contributed by atoms with Gasteiger partial charge in [0.15, 0.2) is 0 Å². The molecule has 1 fully saturated rings. The second-order valence-electron chi connectivity index (χ2n) is 5.96. The van der Waals surface area contributed by atoms with Crippen molar-refractivity contribution < 1.29 is 24.5 Å². The van der Waals surface area contributed by atoms with Gasteiger partial charge in [-0.15, -0.1) is 0 Å². The molecule has 0 saturated carbocycles. The number of carboxylic acids is 1. The first kappa shape index (κ1) is 17.3. The molecule has 0 spiro atoms. The van der Waals surface area contributed by atoms with Crippen molar-refractivity contribution in [1.29, 1.82) is 0 Å². The maximum Gasteiger partial charge on any atom is 0.312 e. The van der Waals surface area contributed by atoms with Crippen molar-refractivity contribution in [3.63, 3.8) is 0 Å². The van der Waals surface area contributed by atoms with Crippen LogP contribution in [0.3, 0.4) is 0 Å². The van der Waals surface area contributed by atoms with Crippen LogP contribution in [0.25, 0.3) is 0 Å². The molecule has 23 heavy (non-hydrogen) atoms. The molecule has 0 bridgehead atoms. The zero-order valence-corrected chi connectivity index (χ0v) is 13.5. The van der Waals surface area contributed by atoms with Gasteiger partial charge in [0.05, 0.1) is 18.6 Å². The number of ether oxygens (including phenoxy) is 1. The number of piperidine rings is 1. The van der Waals surface area contributed by atoms with Crippen LogP contribution in [-0.2, 0) is 4.79 Å². The van der Waals surface area contributed by atoms with Crippen LogP contribution in [0.1, 0.15) is 36.5 Å². The molecule has 1 unspecified atom stereocenters. The summed E-state index contributed by atoms with van der Waals surface area (Å²) in [5.74, 6) is -0.529. The summed E-state index contributed by atoms with van der Waals surface area (Å²) in [5.41, 5.74) is -0.651. The minimum Gasteiger partial charge on any atom is -0.497 e. The van der Waals surface area contributed by atoms with Gasteiger partial charge in [0, 0.05) is 18.7 Å². The summed E-state index contributed by atoms with van der Waals surface area (Å²) in [5, 5.41) is 19.9. The molecule has 1 aromatic rings. The number of methoxy groups -OCH3 is 1. The third-order valence-electron chi connectivity index (χ3n) is 4.61. The third-order valence-corrected chi connectivity index (χ3v) is 4.61. The highest BCUT2D eigenvalue weighted by Gasteiger charge is 2.48. The van der Waals surface area contributed by atoms with Crippen LogP contribution in [0.15, 0.2) is 24.3 Å². The highest BCUT2D eigenvalue weighted by atomic mass is 16.5. The van der Waals surface area contributed by atoms with E-state index in [1.165, 1.54) is 4.90 Å². The molecule has 0 radical (unpaired) electrons. The Morgan fingerprint density at radius 3 is 2.48 bits per heavy atom. The number of nitrogens with zero attached hydrogens (tertiary/aromatic N) is 1. The Kier molecular flexibility index (Phi) is 5.26. The molecule has 126 valence electrons. The molecule has 6 nitrogen and oxygen atoms in total. The molecule has 1 aromatic carbocycles. The molecule has 0 aliphatic carbocycles. The number of aliphatic hydroxyl groups excluding tert-OH is 1. The van der Waals surface area contributed by atoms with Crippen molar-refractivity contribution in [3.05, 3.63) is 29.8 Å². The van der Waals surface area contributed by atoms with E-state index < -0.39 is 17.5 Å². The van der Waals surface area contributed by atoms with E-state index in [1.54, 1.807) is 31.4 Å². The summed E-state index contributed by atoms with van der Waals surface area (Å²) in [6.45, 7) is 2.26. The van der Waals surface area contributed by atoms with Gasteiger partial charge in [-0.25, -0.2) is 0 Å². The van der Waals surface area contributed by atoms with Crippen molar-refractivity contribution in [2.24, 2.45) is 5.41 Å². The molecule has 6 heteroatoms. The predicted octanol–water partition coefficient (Wildman–Crippen LogP) is 1.77. The van der Waals surface area contributed by atoms with Gasteiger partial charge in [0.2, 0.25) is 0 Å². The van der Waals surface area contributed by atoms with Gasteiger partial charge < -0.3 is 19.8 Å². The zero-order valence-electron chi connectivity index (χ0n) is 13.5. The van der Waals surface area contributed by atoms with E-state index in [9.17, 15) is 19.8 Å². The van der Waals surface area contributed by atoms with Gasteiger partial charge >= 0.3 is 5.97 Å². The first-order valence-corrected chi connectivity index (χ1v) is 7.79. The average molecular weight is 321 g/mol. The number of carboxylic acid groups (broad SMARTS) is 1. The van der Waals surface area contributed by atoms with Gasteiger partial charge in [0.25, 0.3) is 5.91 Å². The molecular formula is C17H23NO5. The minimum atomic E-state index is -1.15. The molecule has 1 heterocycles. The van der Waals surface area contributed by atoms with Crippen LogP contribution in [0.2, 0.25) is 0 Å². The van der Waals surface area contributed by atoms with Crippen molar-refractivity contribution in [3.8, 4) is 5.75 Å². The van der Waals surface area contributed by atoms with Crippen LogP contribution in [0.5, 0.6) is 5.75 Å². The Morgan fingerprint density at radius 1 is 1.35 bits per heavy atom. The summed E-state index contributed by atoms with van der Waals surface area (Å²) in [4.78, 5) is 25.6. The predicted molar refractivity (Wildman–Crippen MR) is 84.5 cm³/mol. The largest absolute Gasteiger partial charge is 0.497 e. The van der Waals surface area contributed by atoms with Gasteiger partial charge in [-0.1, -0.05) is 13.3 Å². The smallest absolute Gasteiger partial charge is 0.312 e. The van der Waals surface area contributed by atoms with Crippen LogP contribution < -0.4 is 4.74 Å².